The third-order valence-corrected chi connectivity index (χ3v) is 2.32. The van der Waals surface area contributed by atoms with Crippen LogP contribution in [0.2, 0.25) is 0 Å². The average Bonchev–Trinajstić information content (AvgIpc) is 2.18. The van der Waals surface area contributed by atoms with Gasteiger partial charge >= 0.3 is 0 Å². The van der Waals surface area contributed by atoms with E-state index in [1.807, 2.05) is 30.5 Å². The Kier molecular flexibility index (Phi) is 2.02. The van der Waals surface area contributed by atoms with E-state index in [-0.39, 0.29) is 0 Å². The van der Waals surface area contributed by atoms with Crippen LogP contribution in [0.1, 0.15) is 0 Å². The van der Waals surface area contributed by atoms with Crippen molar-refractivity contribution < 1.29 is 4.74 Å². The van der Waals surface area contributed by atoms with Crippen LogP contribution >= 0.6 is 12.2 Å². The monoisotopic (exact) mass is 191 g/mol. The number of nitrogens with one attached hydrogen (secondary N) is 1. The second kappa shape index (κ2) is 3.18. The second-order valence-corrected chi connectivity index (χ2v) is 3.19. The summed E-state index contributed by atoms with van der Waals surface area (Å²) < 4.78 is 5.97. The number of H-pyrrole nitrogens is 1. The van der Waals surface area contributed by atoms with E-state index in [0.717, 1.165) is 21.2 Å². The van der Waals surface area contributed by atoms with Crippen LogP contribution in [0.3, 0.4) is 0 Å². The Balaban J connectivity index is 2.80. The molecule has 1 aromatic carbocycles. The second-order valence-electron chi connectivity index (χ2n) is 2.75. The minimum atomic E-state index is 0.837. The van der Waals surface area contributed by atoms with Gasteiger partial charge in [-0.3, -0.25) is 0 Å². The van der Waals surface area contributed by atoms with Crippen LogP contribution in [-0.4, -0.2) is 12.1 Å². The van der Waals surface area contributed by atoms with Gasteiger partial charge in [-0.15, -0.1) is 0 Å². The van der Waals surface area contributed by atoms with E-state index in [0.29, 0.717) is 0 Å². The summed E-state index contributed by atoms with van der Waals surface area (Å²) >= 11 is 5.17. The zero-order valence-corrected chi connectivity index (χ0v) is 8.02. The maximum atomic E-state index is 5.17. The van der Waals surface area contributed by atoms with Crippen molar-refractivity contribution in [2.75, 3.05) is 7.11 Å². The number of methoxy groups -OCH3 is 1. The molecule has 0 aliphatic carbocycles. The highest BCUT2D eigenvalue weighted by Gasteiger charge is 1.96. The van der Waals surface area contributed by atoms with E-state index in [4.69, 9.17) is 17.0 Å². The van der Waals surface area contributed by atoms with Crippen LogP contribution in [0.5, 0.6) is 5.75 Å². The zero-order chi connectivity index (χ0) is 9.26. The topological polar surface area (TPSA) is 25.0 Å². The van der Waals surface area contributed by atoms with E-state index in [2.05, 4.69) is 4.98 Å². The smallest absolute Gasteiger partial charge is 0.120 e. The molecule has 0 fully saturated rings. The predicted molar refractivity (Wildman–Crippen MR) is 55.7 cm³/mol. The Hall–Kier alpha value is -1.35. The molecule has 1 heterocycles. The van der Waals surface area contributed by atoms with Gasteiger partial charge in [-0.25, -0.2) is 0 Å². The van der Waals surface area contributed by atoms with E-state index in [1.165, 1.54) is 0 Å². The number of fused-ring (bicyclic) bond motifs is 1. The van der Waals surface area contributed by atoms with Crippen LogP contribution in [0.15, 0.2) is 30.5 Å². The number of aromatic amines is 1. The minimum Gasteiger partial charge on any atom is -0.497 e. The number of rotatable bonds is 1. The first-order valence-electron chi connectivity index (χ1n) is 3.97. The molecule has 1 N–H and O–H groups in total. The molecular weight excluding hydrogens is 182 g/mol. The number of benzene rings is 1. The highest BCUT2D eigenvalue weighted by atomic mass is 32.1. The third-order valence-electron chi connectivity index (χ3n) is 1.97. The molecule has 3 heteroatoms. The Morgan fingerprint density at radius 3 is 2.92 bits per heavy atom. The molecule has 13 heavy (non-hydrogen) atoms. The fourth-order valence-corrected chi connectivity index (χ4v) is 1.53. The molecule has 2 aromatic rings. The normalized spacial score (nSPS) is 10.2. The lowest BCUT2D eigenvalue weighted by molar-refractivity contribution is 0.415. The van der Waals surface area contributed by atoms with Crippen molar-refractivity contribution in [2.24, 2.45) is 0 Å². The van der Waals surface area contributed by atoms with Gasteiger partial charge in [-0.1, -0.05) is 12.2 Å². The number of hydrogen-bond donors (Lipinski definition) is 1. The van der Waals surface area contributed by atoms with Gasteiger partial charge in [0.2, 0.25) is 0 Å². The number of aromatic nitrogens is 1. The SMILES string of the molecule is COc1ccc2c(=S)cc[nH]c2c1. The third kappa shape index (κ3) is 1.42. The number of ether oxygens (including phenoxy) is 1. The molecule has 0 radical (unpaired) electrons. The summed E-state index contributed by atoms with van der Waals surface area (Å²) in [7, 11) is 1.65. The summed E-state index contributed by atoms with van der Waals surface area (Å²) in [6.07, 6.45) is 1.84. The molecule has 1 aromatic heterocycles. The molecule has 0 saturated carbocycles. The molecule has 66 valence electrons. The van der Waals surface area contributed by atoms with Gasteiger partial charge < -0.3 is 9.72 Å². The fraction of sp³-hybridized carbons (Fsp3) is 0.100. The predicted octanol–water partition coefficient (Wildman–Crippen LogP) is 2.91. The van der Waals surface area contributed by atoms with Gasteiger partial charge in [-0.05, 0) is 18.2 Å². The highest BCUT2D eigenvalue weighted by molar-refractivity contribution is 7.71. The molecule has 2 nitrogen and oxygen atoms in total. The summed E-state index contributed by atoms with van der Waals surface area (Å²) in [6, 6.07) is 7.69. The average molecular weight is 191 g/mol. The van der Waals surface area contributed by atoms with Crippen molar-refractivity contribution in [2.45, 2.75) is 0 Å². The fourth-order valence-electron chi connectivity index (χ4n) is 1.28. The lowest BCUT2D eigenvalue weighted by Gasteiger charge is -2.01. The van der Waals surface area contributed by atoms with Crippen molar-refractivity contribution in [3.63, 3.8) is 0 Å². The Morgan fingerprint density at radius 1 is 1.31 bits per heavy atom. The highest BCUT2D eigenvalue weighted by Crippen LogP contribution is 2.19. The lowest BCUT2D eigenvalue weighted by Crippen LogP contribution is -1.84. The molecule has 0 saturated heterocycles. The van der Waals surface area contributed by atoms with Crippen molar-refractivity contribution >= 4 is 23.1 Å². The molecule has 0 atom stereocenters. The first-order chi connectivity index (χ1) is 6.31. The Bertz CT molecular complexity index is 489. The van der Waals surface area contributed by atoms with Crippen LogP contribution in [0.25, 0.3) is 10.9 Å². The van der Waals surface area contributed by atoms with Crippen LogP contribution in [0.4, 0.5) is 0 Å². The molecule has 0 aliphatic rings. The van der Waals surface area contributed by atoms with Gasteiger partial charge in [0.25, 0.3) is 0 Å². The summed E-state index contributed by atoms with van der Waals surface area (Å²) in [4.78, 5) is 3.12. The lowest BCUT2D eigenvalue weighted by atomic mass is 10.2. The summed E-state index contributed by atoms with van der Waals surface area (Å²) in [5.74, 6) is 0.837. The summed E-state index contributed by atoms with van der Waals surface area (Å²) in [6.45, 7) is 0. The number of hydrogen-bond acceptors (Lipinski definition) is 2. The van der Waals surface area contributed by atoms with E-state index in [9.17, 15) is 0 Å². The number of pyridine rings is 1. The standard InChI is InChI=1S/C10H9NOS/c1-12-7-2-3-8-9(6-7)11-5-4-10(8)13/h2-6H,1H3,(H,11,13). The van der Waals surface area contributed by atoms with Crippen molar-refractivity contribution in [3.8, 4) is 5.75 Å². The van der Waals surface area contributed by atoms with Gasteiger partial charge in [0.15, 0.2) is 0 Å². The first kappa shape index (κ1) is 8.26. The molecule has 0 aliphatic heterocycles. The quantitative estimate of drug-likeness (QED) is 0.701. The summed E-state index contributed by atoms with van der Waals surface area (Å²) in [5, 5.41) is 1.05. The molecule has 0 spiro atoms. The van der Waals surface area contributed by atoms with Gasteiger partial charge in [0.1, 0.15) is 5.75 Å². The van der Waals surface area contributed by atoms with Crippen molar-refractivity contribution in [1.29, 1.82) is 0 Å². The molecule has 0 unspecified atom stereocenters. The van der Waals surface area contributed by atoms with Crippen molar-refractivity contribution in [1.82, 2.24) is 4.98 Å². The van der Waals surface area contributed by atoms with Gasteiger partial charge in [-0.2, -0.15) is 0 Å². The van der Waals surface area contributed by atoms with Crippen LogP contribution in [0, 0.1) is 4.51 Å². The van der Waals surface area contributed by atoms with E-state index < -0.39 is 0 Å². The zero-order valence-electron chi connectivity index (χ0n) is 7.20. The maximum absolute atomic E-state index is 5.17. The Labute approximate surface area is 81.2 Å². The minimum absolute atomic E-state index is 0.837. The summed E-state index contributed by atoms with van der Waals surface area (Å²) in [5.41, 5.74) is 1.01. The van der Waals surface area contributed by atoms with Gasteiger partial charge in [0, 0.05) is 22.2 Å². The van der Waals surface area contributed by atoms with Crippen molar-refractivity contribution in [3.05, 3.63) is 35.0 Å². The van der Waals surface area contributed by atoms with Gasteiger partial charge in [0.05, 0.1) is 12.6 Å². The molecule has 0 bridgehead atoms. The van der Waals surface area contributed by atoms with Crippen LogP contribution < -0.4 is 4.74 Å². The largest absolute Gasteiger partial charge is 0.497 e. The first-order valence-corrected chi connectivity index (χ1v) is 4.37. The van der Waals surface area contributed by atoms with E-state index in [1.54, 1.807) is 7.11 Å². The molecule has 0 amide bonds. The maximum Gasteiger partial charge on any atom is 0.120 e. The van der Waals surface area contributed by atoms with Crippen LogP contribution in [-0.2, 0) is 0 Å². The van der Waals surface area contributed by atoms with E-state index >= 15 is 0 Å². The molecular formula is C10H9NOS. The Morgan fingerprint density at radius 2 is 2.15 bits per heavy atom. The molecule has 2 rings (SSSR count).